The first-order valence-electron chi connectivity index (χ1n) is 9.82. The summed E-state index contributed by atoms with van der Waals surface area (Å²) in [5, 5.41) is 9.39. The molecule has 0 aromatic heterocycles. The van der Waals surface area contributed by atoms with Crippen LogP contribution in [0.25, 0.3) is 0 Å². The van der Waals surface area contributed by atoms with Gasteiger partial charge in [0.25, 0.3) is 0 Å². The molecule has 0 aliphatic heterocycles. The molecule has 0 atom stereocenters. The van der Waals surface area contributed by atoms with Gasteiger partial charge in [0.1, 0.15) is 17.2 Å². The van der Waals surface area contributed by atoms with Crippen molar-refractivity contribution in [1.29, 1.82) is 0 Å². The highest BCUT2D eigenvalue weighted by atomic mass is 16.5. The lowest BCUT2D eigenvalue weighted by molar-refractivity contribution is -0.132. The van der Waals surface area contributed by atoms with E-state index in [1.165, 1.54) is 12.1 Å². The Bertz CT molecular complexity index is 1160. The molecule has 2 aromatic rings. The van der Waals surface area contributed by atoms with Crippen LogP contribution >= 0.6 is 0 Å². The lowest BCUT2D eigenvalue weighted by Crippen LogP contribution is -2.25. The van der Waals surface area contributed by atoms with Gasteiger partial charge in [-0.2, -0.15) is 0 Å². The second-order valence-electron chi connectivity index (χ2n) is 7.09. The van der Waals surface area contributed by atoms with E-state index in [9.17, 15) is 29.1 Å². The first-order chi connectivity index (χ1) is 15.1. The summed E-state index contributed by atoms with van der Waals surface area (Å²) in [6.45, 7) is 4.53. The van der Waals surface area contributed by atoms with Crippen LogP contribution in [-0.4, -0.2) is 41.2 Å². The van der Waals surface area contributed by atoms with E-state index < -0.39 is 29.5 Å². The summed E-state index contributed by atoms with van der Waals surface area (Å²) >= 11 is 0. The highest BCUT2D eigenvalue weighted by Gasteiger charge is 2.37. The van der Waals surface area contributed by atoms with Crippen molar-refractivity contribution in [2.45, 2.75) is 33.6 Å². The summed E-state index contributed by atoms with van der Waals surface area (Å²) in [6, 6.07) is 4.72. The van der Waals surface area contributed by atoms with Crippen molar-refractivity contribution >= 4 is 29.5 Å². The third kappa shape index (κ3) is 4.36. The number of ketones is 2. The van der Waals surface area contributed by atoms with Crippen LogP contribution < -0.4 is 14.2 Å². The highest BCUT2D eigenvalue weighted by molar-refractivity contribution is 6.31. The lowest BCUT2D eigenvalue weighted by atomic mass is 9.82. The number of aromatic carboxylic acids is 1. The van der Waals surface area contributed by atoms with Gasteiger partial charge >= 0.3 is 17.9 Å². The zero-order chi connectivity index (χ0) is 23.6. The van der Waals surface area contributed by atoms with Crippen molar-refractivity contribution in [2.24, 2.45) is 0 Å². The Morgan fingerprint density at radius 2 is 1.41 bits per heavy atom. The Hall–Kier alpha value is -4.01. The molecule has 1 aliphatic rings. The van der Waals surface area contributed by atoms with E-state index in [1.54, 1.807) is 0 Å². The molecule has 0 heterocycles. The highest BCUT2D eigenvalue weighted by Crippen LogP contribution is 2.40. The third-order valence-corrected chi connectivity index (χ3v) is 4.64. The van der Waals surface area contributed by atoms with Crippen molar-refractivity contribution < 1.29 is 43.3 Å². The van der Waals surface area contributed by atoms with Crippen LogP contribution in [0.3, 0.4) is 0 Å². The number of carbonyl (C=O) groups is 5. The number of unbranched alkanes of at least 4 members (excludes halogenated alkanes) is 1. The molecular weight excluding hydrogens is 420 g/mol. The van der Waals surface area contributed by atoms with Gasteiger partial charge in [-0.25, -0.2) is 4.79 Å². The van der Waals surface area contributed by atoms with Crippen molar-refractivity contribution in [1.82, 2.24) is 0 Å². The van der Waals surface area contributed by atoms with Crippen LogP contribution in [0.15, 0.2) is 24.3 Å². The van der Waals surface area contributed by atoms with Gasteiger partial charge in [0.2, 0.25) is 5.78 Å². The summed E-state index contributed by atoms with van der Waals surface area (Å²) in [4.78, 5) is 61.4. The number of carboxylic acid groups (broad SMARTS) is 1. The molecule has 32 heavy (non-hydrogen) atoms. The van der Waals surface area contributed by atoms with Gasteiger partial charge < -0.3 is 19.3 Å². The van der Waals surface area contributed by atoms with Gasteiger partial charge in [-0.05, 0) is 24.6 Å². The topological polar surface area (TPSA) is 133 Å². The number of carbonyl (C=O) groups excluding carboxylic acids is 4. The van der Waals surface area contributed by atoms with E-state index in [2.05, 4.69) is 0 Å². The number of hydrogen-bond acceptors (Lipinski definition) is 8. The van der Waals surface area contributed by atoms with Crippen molar-refractivity contribution in [3.05, 3.63) is 52.1 Å². The Labute approximate surface area is 182 Å². The fraction of sp³-hybridized carbons (Fsp3) is 0.261. The van der Waals surface area contributed by atoms with E-state index >= 15 is 0 Å². The van der Waals surface area contributed by atoms with Crippen molar-refractivity contribution in [3.8, 4) is 17.2 Å². The van der Waals surface area contributed by atoms with Crippen molar-refractivity contribution in [2.75, 3.05) is 6.61 Å². The SMILES string of the molecule is CCCCOc1cc(OC(C)=O)c2c(c1)C(=O)c1cc(C(=O)O)cc(OC(C)=O)c1C2=O. The van der Waals surface area contributed by atoms with Crippen LogP contribution in [0.2, 0.25) is 0 Å². The molecule has 0 saturated carbocycles. The predicted molar refractivity (Wildman–Crippen MR) is 110 cm³/mol. The zero-order valence-electron chi connectivity index (χ0n) is 17.6. The van der Waals surface area contributed by atoms with Crippen molar-refractivity contribution in [3.63, 3.8) is 0 Å². The normalized spacial score (nSPS) is 12.0. The maximum absolute atomic E-state index is 13.4. The third-order valence-electron chi connectivity index (χ3n) is 4.64. The number of benzene rings is 2. The second-order valence-corrected chi connectivity index (χ2v) is 7.09. The number of esters is 2. The van der Waals surface area contributed by atoms with Crippen LogP contribution in [-0.2, 0) is 9.59 Å². The molecule has 0 fully saturated rings. The summed E-state index contributed by atoms with van der Waals surface area (Å²) in [5.41, 5.74) is -1.16. The maximum atomic E-state index is 13.4. The molecule has 0 spiro atoms. The summed E-state index contributed by atoms with van der Waals surface area (Å²) in [6.07, 6.45) is 1.60. The zero-order valence-corrected chi connectivity index (χ0v) is 17.6. The average molecular weight is 440 g/mol. The summed E-state index contributed by atoms with van der Waals surface area (Å²) in [5.74, 6) is -4.67. The Morgan fingerprint density at radius 1 is 0.844 bits per heavy atom. The Morgan fingerprint density at radius 3 is 1.94 bits per heavy atom. The summed E-state index contributed by atoms with van der Waals surface area (Å²) < 4.78 is 15.8. The predicted octanol–water partition coefficient (Wildman–Crippen LogP) is 3.19. The van der Waals surface area contributed by atoms with E-state index in [-0.39, 0.29) is 45.1 Å². The molecular formula is C23H20O9. The van der Waals surface area contributed by atoms with Gasteiger partial charge in [0.05, 0.1) is 23.3 Å². The number of rotatable bonds is 7. The second kappa shape index (κ2) is 9.01. The molecule has 0 bridgehead atoms. The molecule has 0 radical (unpaired) electrons. The first-order valence-corrected chi connectivity index (χ1v) is 9.82. The molecule has 0 unspecified atom stereocenters. The minimum Gasteiger partial charge on any atom is -0.493 e. The van der Waals surface area contributed by atoms with Crippen LogP contribution in [0.5, 0.6) is 17.2 Å². The van der Waals surface area contributed by atoms with Gasteiger partial charge in [0, 0.05) is 31.0 Å². The molecule has 9 nitrogen and oxygen atoms in total. The standard InChI is InChI=1S/C23H20O9/c1-4-5-6-30-14-9-16-20(18(10-14)32-12(3)25)22(27)19-15(21(16)26)7-13(23(28)29)8-17(19)31-11(2)24/h7-10H,4-6H2,1-3H3,(H,28,29). The van der Waals surface area contributed by atoms with E-state index in [0.29, 0.717) is 6.61 Å². The maximum Gasteiger partial charge on any atom is 0.335 e. The molecule has 0 amide bonds. The van der Waals surface area contributed by atoms with Crippen LogP contribution in [0.1, 0.15) is 75.8 Å². The number of fused-ring (bicyclic) bond motifs is 2. The Balaban J connectivity index is 2.25. The number of ether oxygens (including phenoxy) is 3. The fourth-order valence-corrected chi connectivity index (χ4v) is 3.31. The van der Waals surface area contributed by atoms with E-state index in [4.69, 9.17) is 14.2 Å². The molecule has 1 aliphatic carbocycles. The largest absolute Gasteiger partial charge is 0.493 e. The quantitative estimate of drug-likeness (QED) is 0.334. The number of hydrogen-bond donors (Lipinski definition) is 1. The van der Waals surface area contributed by atoms with Crippen LogP contribution in [0.4, 0.5) is 0 Å². The number of carboxylic acids is 1. The lowest BCUT2D eigenvalue weighted by Gasteiger charge is -2.23. The van der Waals surface area contributed by atoms with E-state index in [1.807, 2.05) is 6.92 Å². The smallest absolute Gasteiger partial charge is 0.335 e. The summed E-state index contributed by atoms with van der Waals surface area (Å²) in [7, 11) is 0. The molecule has 166 valence electrons. The monoisotopic (exact) mass is 440 g/mol. The molecule has 0 saturated heterocycles. The average Bonchev–Trinajstić information content (AvgIpc) is 2.70. The molecule has 1 N–H and O–H groups in total. The van der Waals surface area contributed by atoms with Crippen LogP contribution in [0, 0.1) is 0 Å². The molecule has 9 heteroatoms. The van der Waals surface area contributed by atoms with Gasteiger partial charge in [-0.15, -0.1) is 0 Å². The Kier molecular flexibility index (Phi) is 6.38. The van der Waals surface area contributed by atoms with E-state index in [0.717, 1.165) is 38.8 Å². The first kappa shape index (κ1) is 22.7. The molecule has 2 aromatic carbocycles. The fourth-order valence-electron chi connectivity index (χ4n) is 3.31. The van der Waals surface area contributed by atoms with Gasteiger partial charge in [-0.3, -0.25) is 19.2 Å². The minimum absolute atomic E-state index is 0.107. The minimum atomic E-state index is -1.37. The van der Waals surface area contributed by atoms with Gasteiger partial charge in [0.15, 0.2) is 5.78 Å². The molecule has 3 rings (SSSR count). The van der Waals surface area contributed by atoms with Gasteiger partial charge in [-0.1, -0.05) is 13.3 Å².